The number of hydrogen-bond donors (Lipinski definition) is 1. The maximum Gasteiger partial charge on any atom is 0.413 e. The van der Waals surface area contributed by atoms with E-state index in [1.165, 1.54) is 0 Å². The van der Waals surface area contributed by atoms with Crippen LogP contribution in [0.5, 0.6) is 0 Å². The fourth-order valence-electron chi connectivity index (χ4n) is 1.53. The molecule has 0 radical (unpaired) electrons. The van der Waals surface area contributed by atoms with E-state index in [0.717, 1.165) is 11.1 Å². The third kappa shape index (κ3) is 3.84. The van der Waals surface area contributed by atoms with Gasteiger partial charge < -0.3 is 0 Å². The topological polar surface area (TPSA) is 38.7 Å². The standard InChI is InChI=1S/C12H20O3P/c1-4-14-16(13,15-5-2)10-12-9-7-6-8-11(12)3/h6-9,13H,4-5,10H2,1-3H3/q+1. The molecule has 16 heavy (non-hydrogen) atoms. The molecule has 0 aliphatic rings. The Morgan fingerprint density at radius 2 is 1.69 bits per heavy atom. The number of hydrogen-bond acceptors (Lipinski definition) is 3. The van der Waals surface area contributed by atoms with Gasteiger partial charge in [0.1, 0.15) is 0 Å². The van der Waals surface area contributed by atoms with Gasteiger partial charge >= 0.3 is 7.94 Å². The predicted molar refractivity (Wildman–Crippen MR) is 67.3 cm³/mol. The van der Waals surface area contributed by atoms with Gasteiger partial charge in [0.15, 0.2) is 6.16 Å². The summed E-state index contributed by atoms with van der Waals surface area (Å²) < 4.78 is 10.7. The fourth-order valence-corrected chi connectivity index (χ4v) is 3.38. The minimum absolute atomic E-state index is 0.460. The molecule has 0 aromatic heterocycles. The highest BCUT2D eigenvalue weighted by molar-refractivity contribution is 7.59. The first-order valence-corrected chi connectivity index (χ1v) is 7.32. The summed E-state index contributed by atoms with van der Waals surface area (Å²) in [5.74, 6) is 0. The highest BCUT2D eigenvalue weighted by atomic mass is 31.2. The quantitative estimate of drug-likeness (QED) is 0.779. The van der Waals surface area contributed by atoms with Crippen molar-refractivity contribution < 1.29 is 13.9 Å². The van der Waals surface area contributed by atoms with Gasteiger partial charge in [0.25, 0.3) is 0 Å². The molecule has 0 saturated heterocycles. The van der Waals surface area contributed by atoms with E-state index in [4.69, 9.17) is 9.05 Å². The monoisotopic (exact) mass is 243 g/mol. The first kappa shape index (κ1) is 13.6. The van der Waals surface area contributed by atoms with Crippen LogP contribution in [0.2, 0.25) is 0 Å². The molecule has 0 saturated carbocycles. The Labute approximate surface area is 98.0 Å². The molecule has 1 aromatic rings. The third-order valence-corrected chi connectivity index (χ3v) is 4.36. The van der Waals surface area contributed by atoms with Gasteiger partial charge in [-0.3, -0.25) is 0 Å². The van der Waals surface area contributed by atoms with Crippen molar-refractivity contribution in [1.82, 2.24) is 0 Å². The minimum Gasteiger partial charge on any atom is -0.192 e. The predicted octanol–water partition coefficient (Wildman–Crippen LogP) is 3.32. The largest absolute Gasteiger partial charge is 0.413 e. The van der Waals surface area contributed by atoms with Crippen LogP contribution in [0.1, 0.15) is 25.0 Å². The first-order chi connectivity index (χ1) is 7.61. The summed E-state index contributed by atoms with van der Waals surface area (Å²) in [6.07, 6.45) is 0.460. The van der Waals surface area contributed by atoms with Crippen LogP contribution < -0.4 is 0 Å². The maximum absolute atomic E-state index is 10.3. The second-order valence-electron chi connectivity index (χ2n) is 3.56. The second-order valence-corrected chi connectivity index (χ2v) is 5.67. The Morgan fingerprint density at radius 1 is 1.12 bits per heavy atom. The first-order valence-electron chi connectivity index (χ1n) is 5.55. The number of rotatable bonds is 6. The normalized spacial score (nSPS) is 11.8. The lowest BCUT2D eigenvalue weighted by atomic mass is 10.1. The fraction of sp³-hybridized carbons (Fsp3) is 0.500. The zero-order valence-corrected chi connectivity index (χ0v) is 11.0. The average molecular weight is 243 g/mol. The van der Waals surface area contributed by atoms with Gasteiger partial charge in [-0.2, -0.15) is 13.9 Å². The summed E-state index contributed by atoms with van der Waals surface area (Å²) in [6, 6.07) is 7.97. The molecule has 0 aliphatic carbocycles. The molecule has 0 aliphatic heterocycles. The third-order valence-electron chi connectivity index (χ3n) is 2.29. The summed E-state index contributed by atoms with van der Waals surface area (Å²) >= 11 is 0. The number of aryl methyl sites for hydroxylation is 1. The Bertz CT molecular complexity index is 322. The van der Waals surface area contributed by atoms with Gasteiger partial charge in [-0.15, -0.1) is 0 Å². The molecule has 1 rings (SSSR count). The lowest BCUT2D eigenvalue weighted by Gasteiger charge is -2.16. The molecule has 3 nitrogen and oxygen atoms in total. The molecule has 0 spiro atoms. The van der Waals surface area contributed by atoms with E-state index in [-0.39, 0.29) is 0 Å². The summed E-state index contributed by atoms with van der Waals surface area (Å²) in [7, 11) is -2.72. The van der Waals surface area contributed by atoms with Crippen molar-refractivity contribution in [1.29, 1.82) is 0 Å². The van der Waals surface area contributed by atoms with E-state index in [0.29, 0.717) is 19.4 Å². The summed E-state index contributed by atoms with van der Waals surface area (Å²) in [6.45, 7) is 6.69. The van der Waals surface area contributed by atoms with Gasteiger partial charge in [0, 0.05) is 0 Å². The van der Waals surface area contributed by atoms with E-state index >= 15 is 0 Å². The lowest BCUT2D eigenvalue weighted by Crippen LogP contribution is -2.06. The van der Waals surface area contributed by atoms with Crippen LogP contribution in [-0.4, -0.2) is 18.1 Å². The van der Waals surface area contributed by atoms with Gasteiger partial charge in [0.05, 0.1) is 13.2 Å². The Morgan fingerprint density at radius 3 is 2.19 bits per heavy atom. The van der Waals surface area contributed by atoms with Gasteiger partial charge in [0.2, 0.25) is 0 Å². The molecule has 0 bridgehead atoms. The smallest absolute Gasteiger partial charge is 0.192 e. The van der Waals surface area contributed by atoms with Crippen molar-refractivity contribution in [2.75, 3.05) is 13.2 Å². The number of benzene rings is 1. The molecular formula is C12H20O3P+. The molecule has 0 unspecified atom stereocenters. The van der Waals surface area contributed by atoms with Crippen LogP contribution in [0.4, 0.5) is 0 Å². The van der Waals surface area contributed by atoms with Crippen LogP contribution in [0.25, 0.3) is 0 Å². The molecule has 90 valence electrons. The summed E-state index contributed by atoms with van der Waals surface area (Å²) in [5, 5.41) is 0. The van der Waals surface area contributed by atoms with Gasteiger partial charge in [-0.05, 0) is 31.9 Å². The zero-order valence-electron chi connectivity index (χ0n) is 10.1. The lowest BCUT2D eigenvalue weighted by molar-refractivity contribution is 0.188. The molecule has 0 amide bonds. The van der Waals surface area contributed by atoms with E-state index in [1.807, 2.05) is 45.0 Å². The van der Waals surface area contributed by atoms with Gasteiger partial charge in [-0.1, -0.05) is 24.3 Å². The molecule has 0 heterocycles. The van der Waals surface area contributed by atoms with Crippen molar-refractivity contribution in [3.05, 3.63) is 35.4 Å². The Hall–Kier alpha value is -0.470. The van der Waals surface area contributed by atoms with Crippen LogP contribution in [0, 0.1) is 6.92 Å². The molecule has 4 heteroatoms. The SMILES string of the molecule is CCO[P+](O)(Cc1ccccc1C)OCC. The zero-order chi connectivity index (χ0) is 12.0. The van der Waals surface area contributed by atoms with Crippen LogP contribution in [-0.2, 0) is 15.2 Å². The van der Waals surface area contributed by atoms with Crippen molar-refractivity contribution in [3.63, 3.8) is 0 Å². The van der Waals surface area contributed by atoms with Crippen molar-refractivity contribution in [2.24, 2.45) is 0 Å². The highest BCUT2D eigenvalue weighted by Crippen LogP contribution is 2.59. The van der Waals surface area contributed by atoms with E-state index < -0.39 is 7.94 Å². The van der Waals surface area contributed by atoms with E-state index in [2.05, 4.69) is 0 Å². The average Bonchev–Trinajstić information content (AvgIpc) is 2.22. The van der Waals surface area contributed by atoms with E-state index in [1.54, 1.807) is 0 Å². The molecule has 0 atom stereocenters. The highest BCUT2D eigenvalue weighted by Gasteiger charge is 2.40. The van der Waals surface area contributed by atoms with Crippen molar-refractivity contribution in [2.45, 2.75) is 26.9 Å². The molecule has 0 fully saturated rings. The van der Waals surface area contributed by atoms with Crippen LogP contribution in [0.3, 0.4) is 0 Å². The molecular weight excluding hydrogens is 223 g/mol. The molecule has 1 N–H and O–H groups in total. The van der Waals surface area contributed by atoms with Crippen molar-refractivity contribution >= 4 is 7.94 Å². The van der Waals surface area contributed by atoms with Crippen molar-refractivity contribution in [3.8, 4) is 0 Å². The summed E-state index contributed by atoms with van der Waals surface area (Å²) in [4.78, 5) is 10.3. The van der Waals surface area contributed by atoms with Gasteiger partial charge in [-0.25, -0.2) is 0 Å². The van der Waals surface area contributed by atoms with Crippen LogP contribution >= 0.6 is 7.94 Å². The second kappa shape index (κ2) is 6.31. The minimum atomic E-state index is -2.72. The van der Waals surface area contributed by atoms with E-state index in [9.17, 15) is 4.89 Å². The Balaban J connectivity index is 2.79. The Kier molecular flexibility index (Phi) is 5.36. The van der Waals surface area contributed by atoms with Crippen LogP contribution in [0.15, 0.2) is 24.3 Å². The maximum atomic E-state index is 10.3. The molecule has 1 aromatic carbocycles. The summed E-state index contributed by atoms with van der Waals surface area (Å²) in [5.41, 5.74) is 2.24.